The van der Waals surface area contributed by atoms with Crippen LogP contribution in [0.1, 0.15) is 5.56 Å². The summed E-state index contributed by atoms with van der Waals surface area (Å²) in [4.78, 5) is 18.3. The van der Waals surface area contributed by atoms with Gasteiger partial charge < -0.3 is 10.2 Å². The monoisotopic (exact) mass is 511 g/mol. The number of amides is 1. The normalized spacial score (nSPS) is 11.4. The molecule has 0 spiro atoms. The number of nitrogens with one attached hydrogen (secondary N) is 1. The highest BCUT2D eigenvalue weighted by Crippen LogP contribution is 2.27. The molecule has 3 rings (SSSR count). The molecule has 172 valence electrons. The van der Waals surface area contributed by atoms with Crippen molar-refractivity contribution in [1.29, 1.82) is 0 Å². The summed E-state index contributed by atoms with van der Waals surface area (Å²) < 4.78 is 41.2. The lowest BCUT2D eigenvalue weighted by Crippen LogP contribution is -2.29. The summed E-state index contributed by atoms with van der Waals surface area (Å²) in [5.41, 5.74) is 0.913. The van der Waals surface area contributed by atoms with Gasteiger partial charge in [0, 0.05) is 29.7 Å². The van der Waals surface area contributed by atoms with Crippen molar-refractivity contribution >= 4 is 57.4 Å². The van der Waals surface area contributed by atoms with Crippen LogP contribution in [0.5, 0.6) is 0 Å². The summed E-state index contributed by atoms with van der Waals surface area (Å²) in [6, 6.07) is 13.9. The Morgan fingerprint density at radius 3 is 2.30 bits per heavy atom. The van der Waals surface area contributed by atoms with Crippen molar-refractivity contribution in [2.45, 2.75) is 5.75 Å². The third kappa shape index (κ3) is 6.90. The number of rotatable bonds is 6. The Morgan fingerprint density at radius 2 is 1.67 bits per heavy atom. The maximum atomic E-state index is 14.0. The van der Waals surface area contributed by atoms with E-state index in [0.717, 1.165) is 11.8 Å². The lowest BCUT2D eigenvalue weighted by atomic mass is 10.2. The van der Waals surface area contributed by atoms with Gasteiger partial charge in [-0.2, -0.15) is 0 Å². The van der Waals surface area contributed by atoms with Crippen LogP contribution in [0.3, 0.4) is 0 Å². The fraction of sp³-hybridized carbons (Fsp3) is 0.130. The molecule has 4 nitrogen and oxygen atoms in total. The van der Waals surface area contributed by atoms with Crippen molar-refractivity contribution in [1.82, 2.24) is 0 Å². The molecule has 0 bridgehead atoms. The molecule has 3 aromatic carbocycles. The summed E-state index contributed by atoms with van der Waals surface area (Å²) in [6.07, 6.45) is 0. The standard InChI is InChI=1S/C23H18Cl2F3N3OS/c1-31(16-9-10-18(24)19(25)11-16)22(32)12-29-23(30-15-7-5-14(26)6-8-15)33-13-17-20(27)3-2-4-21(17)28/h2-11H,12-13H2,1H3,(H,29,30). The molecular formula is C23H18Cl2F3N3OS. The van der Waals surface area contributed by atoms with Crippen LogP contribution in [0.4, 0.5) is 24.5 Å². The van der Waals surface area contributed by atoms with E-state index in [9.17, 15) is 18.0 Å². The number of hydrogen-bond acceptors (Lipinski definition) is 3. The van der Waals surface area contributed by atoms with E-state index < -0.39 is 17.5 Å². The molecule has 0 aliphatic rings. The van der Waals surface area contributed by atoms with E-state index in [2.05, 4.69) is 10.3 Å². The molecule has 0 heterocycles. The molecule has 10 heteroatoms. The zero-order valence-electron chi connectivity index (χ0n) is 17.3. The summed E-state index contributed by atoms with van der Waals surface area (Å²) in [7, 11) is 1.56. The maximum absolute atomic E-state index is 14.0. The molecule has 0 radical (unpaired) electrons. The van der Waals surface area contributed by atoms with Crippen LogP contribution < -0.4 is 10.2 Å². The van der Waals surface area contributed by atoms with Crippen LogP contribution >= 0.6 is 35.0 Å². The minimum atomic E-state index is -0.681. The second kappa shape index (κ2) is 11.4. The van der Waals surface area contributed by atoms with Crippen molar-refractivity contribution in [3.8, 4) is 0 Å². The minimum absolute atomic E-state index is 0.0671. The molecule has 0 saturated carbocycles. The highest BCUT2D eigenvalue weighted by Gasteiger charge is 2.14. The number of benzene rings is 3. The van der Waals surface area contributed by atoms with Gasteiger partial charge in [0.15, 0.2) is 5.17 Å². The third-order valence-corrected chi connectivity index (χ3v) is 6.21. The molecular weight excluding hydrogens is 494 g/mol. The van der Waals surface area contributed by atoms with E-state index in [1.165, 1.54) is 47.4 Å². The number of thioether (sulfide) groups is 1. The molecule has 0 aliphatic heterocycles. The van der Waals surface area contributed by atoms with Gasteiger partial charge in [0.05, 0.1) is 10.0 Å². The first-order valence-corrected chi connectivity index (χ1v) is 11.3. The molecule has 33 heavy (non-hydrogen) atoms. The van der Waals surface area contributed by atoms with Gasteiger partial charge in [0.1, 0.15) is 24.0 Å². The summed E-state index contributed by atoms with van der Waals surface area (Å²) >= 11 is 12.9. The number of nitrogens with zero attached hydrogens (tertiary/aromatic N) is 2. The maximum Gasteiger partial charge on any atom is 0.248 e. The fourth-order valence-electron chi connectivity index (χ4n) is 2.67. The largest absolute Gasteiger partial charge is 0.335 e. The Morgan fingerprint density at radius 1 is 1.00 bits per heavy atom. The molecule has 0 unspecified atom stereocenters. The van der Waals surface area contributed by atoms with E-state index in [0.29, 0.717) is 21.4 Å². The number of carbonyl (C=O) groups is 1. The SMILES string of the molecule is CN(C(=O)CN=C(Nc1ccc(F)cc1)SCc1c(F)cccc1F)c1ccc(Cl)c(Cl)c1. The number of hydrogen-bond donors (Lipinski definition) is 1. The zero-order chi connectivity index (χ0) is 24.0. The Kier molecular flexibility index (Phi) is 8.66. The first kappa shape index (κ1) is 25.0. The Bertz CT molecular complexity index is 1160. The second-order valence-corrected chi connectivity index (χ2v) is 8.57. The van der Waals surface area contributed by atoms with Crippen molar-refractivity contribution in [3.63, 3.8) is 0 Å². The topological polar surface area (TPSA) is 44.7 Å². The van der Waals surface area contributed by atoms with Crippen molar-refractivity contribution in [2.75, 3.05) is 23.8 Å². The Labute approximate surface area is 203 Å². The number of amidine groups is 1. The number of carbonyl (C=O) groups excluding carboxylic acids is 1. The molecule has 0 aliphatic carbocycles. The smallest absolute Gasteiger partial charge is 0.248 e. The first-order valence-electron chi connectivity index (χ1n) is 9.59. The Hall–Kier alpha value is -2.68. The van der Waals surface area contributed by atoms with E-state index in [1.54, 1.807) is 25.2 Å². The summed E-state index contributed by atoms with van der Waals surface area (Å²) in [5.74, 6) is -2.20. The third-order valence-electron chi connectivity index (χ3n) is 4.53. The van der Waals surface area contributed by atoms with E-state index >= 15 is 0 Å². The van der Waals surface area contributed by atoms with Crippen LogP contribution in [0.25, 0.3) is 0 Å². The summed E-state index contributed by atoms with van der Waals surface area (Å²) in [5, 5.41) is 3.86. The van der Waals surface area contributed by atoms with Crippen molar-refractivity contribution in [2.24, 2.45) is 4.99 Å². The van der Waals surface area contributed by atoms with Gasteiger partial charge in [-0.25, -0.2) is 13.2 Å². The lowest BCUT2D eigenvalue weighted by molar-refractivity contribution is -0.116. The predicted octanol–water partition coefficient (Wildman–Crippen LogP) is 6.78. The zero-order valence-corrected chi connectivity index (χ0v) is 19.6. The molecule has 0 fully saturated rings. The number of aliphatic imine (C=N–C) groups is 1. The van der Waals surface area contributed by atoms with Gasteiger partial charge >= 0.3 is 0 Å². The van der Waals surface area contributed by atoms with Crippen molar-refractivity contribution in [3.05, 3.63) is 93.7 Å². The van der Waals surface area contributed by atoms with Crippen LogP contribution in [-0.2, 0) is 10.5 Å². The highest BCUT2D eigenvalue weighted by molar-refractivity contribution is 8.13. The van der Waals surface area contributed by atoms with Crippen LogP contribution in [0.15, 0.2) is 65.7 Å². The number of anilines is 2. The van der Waals surface area contributed by atoms with Gasteiger partial charge in [-0.3, -0.25) is 9.79 Å². The van der Waals surface area contributed by atoms with E-state index in [1.807, 2.05) is 0 Å². The second-order valence-electron chi connectivity index (χ2n) is 6.79. The van der Waals surface area contributed by atoms with Gasteiger partial charge in [-0.1, -0.05) is 41.0 Å². The predicted molar refractivity (Wildman–Crippen MR) is 130 cm³/mol. The Balaban J connectivity index is 1.77. The van der Waals surface area contributed by atoms with Gasteiger partial charge in [-0.15, -0.1) is 0 Å². The number of halogens is 5. The van der Waals surface area contributed by atoms with Crippen molar-refractivity contribution < 1.29 is 18.0 Å². The van der Waals surface area contributed by atoms with Gasteiger partial charge in [-0.05, 0) is 54.6 Å². The average Bonchev–Trinajstić information content (AvgIpc) is 2.79. The van der Waals surface area contributed by atoms with Crippen LogP contribution in [-0.4, -0.2) is 24.7 Å². The molecule has 1 N–H and O–H groups in total. The lowest BCUT2D eigenvalue weighted by Gasteiger charge is -2.17. The number of likely N-dealkylation sites (N-methyl/N-ethyl adjacent to an activating group) is 1. The molecule has 0 aromatic heterocycles. The molecule has 0 atom stereocenters. The highest BCUT2D eigenvalue weighted by atomic mass is 35.5. The van der Waals surface area contributed by atoms with Gasteiger partial charge in [0.2, 0.25) is 5.91 Å². The van der Waals surface area contributed by atoms with Crippen LogP contribution in [0, 0.1) is 17.5 Å². The quantitative estimate of drug-likeness (QED) is 0.293. The minimum Gasteiger partial charge on any atom is -0.335 e. The average molecular weight is 512 g/mol. The first-order chi connectivity index (χ1) is 15.7. The van der Waals surface area contributed by atoms with Crippen LogP contribution in [0.2, 0.25) is 10.0 Å². The van der Waals surface area contributed by atoms with Gasteiger partial charge in [0.25, 0.3) is 0 Å². The van der Waals surface area contributed by atoms with E-state index in [-0.39, 0.29) is 28.9 Å². The fourth-order valence-corrected chi connectivity index (χ4v) is 3.87. The molecule has 3 aromatic rings. The summed E-state index contributed by atoms with van der Waals surface area (Å²) in [6.45, 7) is -0.257. The molecule has 1 amide bonds. The molecule has 0 saturated heterocycles. The van der Waals surface area contributed by atoms with E-state index in [4.69, 9.17) is 23.2 Å².